The fraction of sp³-hybridized carbons (Fsp3) is 0. The van der Waals surface area contributed by atoms with Crippen molar-refractivity contribution in [1.29, 1.82) is 0 Å². The standard InChI is InChI=1S/C44H27NOS/c1-3-14-28(15-4-1)30-26-27-38-41(40-34-21-9-7-18-31(34)32-19-8-10-22-35(32)43(40)46-38)42(30)45(29-16-5-2-6-17-29)37-24-13-23-36-33-20-11-12-25-39(33)47-44(36)37/h1-27H. The van der Waals surface area contributed by atoms with Gasteiger partial charge in [-0.05, 0) is 58.1 Å². The zero-order valence-electron chi connectivity index (χ0n) is 25.4. The molecular weight excluding hydrogens is 591 g/mol. The highest BCUT2D eigenvalue weighted by Crippen LogP contribution is 2.53. The third-order valence-electron chi connectivity index (χ3n) is 9.43. The number of para-hydroxylation sites is 1. The lowest BCUT2D eigenvalue weighted by molar-refractivity contribution is 0.673. The highest BCUT2D eigenvalue weighted by molar-refractivity contribution is 7.26. The van der Waals surface area contributed by atoms with E-state index < -0.39 is 0 Å². The third-order valence-corrected chi connectivity index (χ3v) is 10.6. The Balaban J connectivity index is 1.44. The van der Waals surface area contributed by atoms with Crippen molar-refractivity contribution in [2.45, 2.75) is 0 Å². The van der Waals surface area contributed by atoms with Crippen LogP contribution in [0.2, 0.25) is 0 Å². The van der Waals surface area contributed by atoms with Gasteiger partial charge in [-0.3, -0.25) is 0 Å². The average Bonchev–Trinajstić information content (AvgIpc) is 3.73. The highest BCUT2D eigenvalue weighted by atomic mass is 32.1. The van der Waals surface area contributed by atoms with E-state index in [1.807, 2.05) is 11.3 Å². The molecule has 0 aliphatic carbocycles. The van der Waals surface area contributed by atoms with Gasteiger partial charge in [0.15, 0.2) is 0 Å². The molecule has 0 radical (unpaired) electrons. The summed E-state index contributed by atoms with van der Waals surface area (Å²) in [5.41, 5.74) is 7.48. The number of nitrogens with zero attached hydrogens (tertiary/aromatic N) is 1. The molecule has 0 fully saturated rings. The molecule has 3 heteroatoms. The van der Waals surface area contributed by atoms with Gasteiger partial charge in [0, 0.05) is 37.5 Å². The molecule has 0 amide bonds. The van der Waals surface area contributed by atoms with E-state index in [1.165, 1.54) is 36.3 Å². The van der Waals surface area contributed by atoms with E-state index in [2.05, 4.69) is 169 Å². The minimum absolute atomic E-state index is 0.876. The molecule has 2 aromatic heterocycles. The van der Waals surface area contributed by atoms with Gasteiger partial charge in [0.25, 0.3) is 0 Å². The summed E-state index contributed by atoms with van der Waals surface area (Å²) in [5, 5.41) is 9.57. The van der Waals surface area contributed by atoms with Crippen molar-refractivity contribution in [3.05, 3.63) is 164 Å². The molecule has 0 atom stereocenters. The maximum atomic E-state index is 6.94. The van der Waals surface area contributed by atoms with Crippen LogP contribution in [0.25, 0.3) is 74.8 Å². The predicted molar refractivity (Wildman–Crippen MR) is 202 cm³/mol. The second kappa shape index (κ2) is 10.3. The summed E-state index contributed by atoms with van der Waals surface area (Å²) in [6.07, 6.45) is 0. The smallest absolute Gasteiger partial charge is 0.143 e. The van der Waals surface area contributed by atoms with E-state index >= 15 is 0 Å². The maximum Gasteiger partial charge on any atom is 0.143 e. The van der Waals surface area contributed by atoms with E-state index in [0.717, 1.165) is 55.5 Å². The van der Waals surface area contributed by atoms with Crippen molar-refractivity contribution in [3.8, 4) is 11.1 Å². The number of furan rings is 1. The van der Waals surface area contributed by atoms with Crippen LogP contribution in [0.1, 0.15) is 0 Å². The van der Waals surface area contributed by atoms with Crippen molar-refractivity contribution < 1.29 is 4.42 Å². The van der Waals surface area contributed by atoms with Crippen LogP contribution >= 0.6 is 11.3 Å². The number of anilines is 3. The highest BCUT2D eigenvalue weighted by Gasteiger charge is 2.27. The van der Waals surface area contributed by atoms with Gasteiger partial charge < -0.3 is 9.32 Å². The second-order valence-electron chi connectivity index (χ2n) is 12.0. The molecule has 0 aliphatic rings. The van der Waals surface area contributed by atoms with Crippen LogP contribution in [-0.4, -0.2) is 0 Å². The largest absolute Gasteiger partial charge is 0.455 e. The fourth-order valence-corrected chi connectivity index (χ4v) is 8.64. The van der Waals surface area contributed by atoms with Crippen molar-refractivity contribution in [2.75, 3.05) is 4.90 Å². The number of hydrogen-bond donors (Lipinski definition) is 0. The number of thiophene rings is 1. The van der Waals surface area contributed by atoms with Crippen LogP contribution in [-0.2, 0) is 0 Å². The van der Waals surface area contributed by atoms with E-state index in [1.54, 1.807) is 0 Å². The molecule has 220 valence electrons. The minimum atomic E-state index is 0.876. The Bertz CT molecular complexity index is 2790. The molecule has 8 aromatic carbocycles. The molecular formula is C44H27NOS. The number of rotatable bonds is 4. The summed E-state index contributed by atoms with van der Waals surface area (Å²) in [6.45, 7) is 0. The van der Waals surface area contributed by atoms with Crippen LogP contribution < -0.4 is 4.90 Å². The maximum absolute atomic E-state index is 6.94. The molecule has 10 aromatic rings. The second-order valence-corrected chi connectivity index (χ2v) is 13.1. The number of benzene rings is 8. The van der Waals surface area contributed by atoms with Crippen LogP contribution in [0, 0.1) is 0 Å². The van der Waals surface area contributed by atoms with Gasteiger partial charge in [0.1, 0.15) is 11.2 Å². The fourth-order valence-electron chi connectivity index (χ4n) is 7.43. The Labute approximate surface area is 275 Å². The van der Waals surface area contributed by atoms with E-state index in [0.29, 0.717) is 0 Å². The van der Waals surface area contributed by atoms with Crippen molar-refractivity contribution in [2.24, 2.45) is 0 Å². The van der Waals surface area contributed by atoms with Gasteiger partial charge in [-0.15, -0.1) is 11.3 Å². The quantitative estimate of drug-likeness (QED) is 0.183. The zero-order valence-corrected chi connectivity index (χ0v) is 26.2. The number of hydrogen-bond acceptors (Lipinski definition) is 3. The first-order valence-electron chi connectivity index (χ1n) is 15.9. The Morgan fingerprint density at radius 2 is 1.06 bits per heavy atom. The SMILES string of the molecule is c1ccc(-c2ccc3oc4c5ccccc5c5ccccc5c4c3c2N(c2ccccc2)c2cccc3c2sc2ccccc23)cc1. The first kappa shape index (κ1) is 26.3. The molecule has 0 saturated carbocycles. The molecule has 10 rings (SSSR count). The molecule has 0 aliphatic heterocycles. The summed E-state index contributed by atoms with van der Waals surface area (Å²) in [6, 6.07) is 58.8. The van der Waals surface area contributed by atoms with Crippen molar-refractivity contribution in [3.63, 3.8) is 0 Å². The normalized spacial score (nSPS) is 11.8. The lowest BCUT2D eigenvalue weighted by Gasteiger charge is -2.29. The average molecular weight is 618 g/mol. The van der Waals surface area contributed by atoms with Gasteiger partial charge in [-0.1, -0.05) is 127 Å². The summed E-state index contributed by atoms with van der Waals surface area (Å²) in [5.74, 6) is 0. The Morgan fingerprint density at radius 3 is 1.85 bits per heavy atom. The Hall–Kier alpha value is -5.90. The summed E-state index contributed by atoms with van der Waals surface area (Å²) in [7, 11) is 0. The molecule has 0 N–H and O–H groups in total. The van der Waals surface area contributed by atoms with Gasteiger partial charge in [0.05, 0.1) is 21.5 Å². The van der Waals surface area contributed by atoms with Crippen molar-refractivity contribution >= 4 is 92.1 Å². The van der Waals surface area contributed by atoms with Gasteiger partial charge in [0.2, 0.25) is 0 Å². The molecule has 2 heterocycles. The number of fused-ring (bicyclic) bond motifs is 11. The summed E-state index contributed by atoms with van der Waals surface area (Å²) in [4.78, 5) is 2.47. The van der Waals surface area contributed by atoms with Gasteiger partial charge in [-0.2, -0.15) is 0 Å². The predicted octanol–water partition coefficient (Wildman–Crippen LogP) is 13.4. The minimum Gasteiger partial charge on any atom is -0.455 e. The topological polar surface area (TPSA) is 16.4 Å². The van der Waals surface area contributed by atoms with Crippen LogP contribution in [0.3, 0.4) is 0 Å². The van der Waals surface area contributed by atoms with Crippen LogP contribution in [0.4, 0.5) is 17.1 Å². The van der Waals surface area contributed by atoms with Gasteiger partial charge in [-0.25, -0.2) is 0 Å². The molecule has 0 bridgehead atoms. The van der Waals surface area contributed by atoms with E-state index in [9.17, 15) is 0 Å². The first-order chi connectivity index (χ1) is 23.3. The third kappa shape index (κ3) is 3.90. The van der Waals surface area contributed by atoms with E-state index in [-0.39, 0.29) is 0 Å². The van der Waals surface area contributed by atoms with Crippen LogP contribution in [0.15, 0.2) is 168 Å². The van der Waals surface area contributed by atoms with Gasteiger partial charge >= 0.3 is 0 Å². The van der Waals surface area contributed by atoms with E-state index in [4.69, 9.17) is 4.42 Å². The lowest BCUT2D eigenvalue weighted by Crippen LogP contribution is -2.12. The molecule has 0 spiro atoms. The molecule has 0 unspecified atom stereocenters. The Morgan fingerprint density at radius 1 is 0.447 bits per heavy atom. The molecule has 2 nitrogen and oxygen atoms in total. The zero-order chi connectivity index (χ0) is 30.9. The van der Waals surface area contributed by atoms with Crippen molar-refractivity contribution in [1.82, 2.24) is 0 Å². The first-order valence-corrected chi connectivity index (χ1v) is 16.8. The molecule has 47 heavy (non-hydrogen) atoms. The monoisotopic (exact) mass is 617 g/mol. The lowest BCUT2D eigenvalue weighted by atomic mass is 9.93. The van der Waals surface area contributed by atoms with Crippen LogP contribution in [0.5, 0.6) is 0 Å². The summed E-state index contributed by atoms with van der Waals surface area (Å²) >= 11 is 1.86. The Kier molecular flexibility index (Phi) is 5.78. The summed E-state index contributed by atoms with van der Waals surface area (Å²) < 4.78 is 9.49. The molecule has 0 saturated heterocycles.